The molecule has 0 saturated heterocycles. The Balaban J connectivity index is 1.94. The van der Waals surface area contributed by atoms with E-state index in [1.54, 1.807) is 12.1 Å². The van der Waals surface area contributed by atoms with E-state index < -0.39 is 36.8 Å². The number of hydrogen-bond donors (Lipinski definition) is 1. The first-order chi connectivity index (χ1) is 15.2. The number of alkyl halides is 3. The van der Waals surface area contributed by atoms with Crippen LogP contribution in [0.2, 0.25) is 0 Å². The Morgan fingerprint density at radius 2 is 1.72 bits per heavy atom. The van der Waals surface area contributed by atoms with Gasteiger partial charge in [0, 0.05) is 7.11 Å². The number of aryl methyl sites for hydroxylation is 1. The fourth-order valence-corrected chi connectivity index (χ4v) is 2.61. The second-order valence-electron chi connectivity index (χ2n) is 6.51. The third kappa shape index (κ3) is 7.77. The molecule has 0 aliphatic carbocycles. The number of para-hydroxylation sites is 1. The fraction of sp³-hybridized carbons (Fsp3) is 0.364. The van der Waals surface area contributed by atoms with Gasteiger partial charge in [-0.3, -0.25) is 4.79 Å². The SMILES string of the molecule is CCc1ccccc1OCC(=O)OCC(=O)Nc1cc(C(F)(F)F)ccc1OCCOC. The van der Waals surface area contributed by atoms with E-state index in [-0.39, 0.29) is 24.7 Å². The third-order valence-corrected chi connectivity index (χ3v) is 4.19. The van der Waals surface area contributed by atoms with Crippen LogP contribution in [0.5, 0.6) is 11.5 Å². The van der Waals surface area contributed by atoms with Crippen molar-refractivity contribution in [2.75, 3.05) is 38.9 Å². The van der Waals surface area contributed by atoms with Crippen molar-refractivity contribution in [2.45, 2.75) is 19.5 Å². The lowest BCUT2D eigenvalue weighted by atomic mass is 10.1. The highest BCUT2D eigenvalue weighted by Gasteiger charge is 2.31. The number of hydrogen-bond acceptors (Lipinski definition) is 6. The molecule has 0 bridgehead atoms. The van der Waals surface area contributed by atoms with Gasteiger partial charge in [-0.25, -0.2) is 4.79 Å². The van der Waals surface area contributed by atoms with Crippen LogP contribution in [0.15, 0.2) is 42.5 Å². The molecule has 10 heteroatoms. The van der Waals surface area contributed by atoms with Crippen molar-refractivity contribution in [3.05, 3.63) is 53.6 Å². The summed E-state index contributed by atoms with van der Waals surface area (Å²) in [5.41, 5.74) is -0.263. The Kier molecular flexibility index (Phi) is 9.33. The molecule has 1 amide bonds. The van der Waals surface area contributed by atoms with Gasteiger partial charge in [-0.05, 0) is 36.2 Å². The van der Waals surface area contributed by atoms with Crippen LogP contribution in [-0.4, -0.2) is 45.4 Å². The molecule has 2 aromatic rings. The topological polar surface area (TPSA) is 83.1 Å². The number of halogens is 3. The first kappa shape index (κ1) is 25.0. The number of anilines is 1. The van der Waals surface area contributed by atoms with Crippen molar-refractivity contribution in [1.29, 1.82) is 0 Å². The Labute approximate surface area is 183 Å². The lowest BCUT2D eigenvalue weighted by Crippen LogP contribution is -2.24. The molecule has 0 unspecified atom stereocenters. The molecule has 0 radical (unpaired) electrons. The quantitative estimate of drug-likeness (QED) is 0.409. The predicted molar refractivity (Wildman–Crippen MR) is 110 cm³/mol. The highest BCUT2D eigenvalue weighted by Crippen LogP contribution is 2.35. The van der Waals surface area contributed by atoms with Gasteiger partial charge in [-0.2, -0.15) is 13.2 Å². The first-order valence-corrected chi connectivity index (χ1v) is 9.73. The van der Waals surface area contributed by atoms with Crippen molar-refractivity contribution in [3.63, 3.8) is 0 Å². The van der Waals surface area contributed by atoms with Crippen LogP contribution in [0.25, 0.3) is 0 Å². The van der Waals surface area contributed by atoms with Gasteiger partial charge in [-0.15, -0.1) is 0 Å². The minimum absolute atomic E-state index is 0.0224. The van der Waals surface area contributed by atoms with Crippen molar-refractivity contribution >= 4 is 17.6 Å². The van der Waals surface area contributed by atoms with E-state index in [0.717, 1.165) is 23.8 Å². The lowest BCUT2D eigenvalue weighted by molar-refractivity contribution is -0.149. The molecule has 1 N–H and O–H groups in total. The van der Waals surface area contributed by atoms with Gasteiger partial charge in [0.2, 0.25) is 0 Å². The van der Waals surface area contributed by atoms with Crippen molar-refractivity contribution in [2.24, 2.45) is 0 Å². The molecular formula is C22H24F3NO6. The fourth-order valence-electron chi connectivity index (χ4n) is 2.61. The van der Waals surface area contributed by atoms with Gasteiger partial charge in [0.05, 0.1) is 17.9 Å². The monoisotopic (exact) mass is 455 g/mol. The van der Waals surface area contributed by atoms with Crippen LogP contribution in [0.4, 0.5) is 18.9 Å². The van der Waals surface area contributed by atoms with E-state index in [1.165, 1.54) is 7.11 Å². The summed E-state index contributed by atoms with van der Waals surface area (Å²) in [6.45, 7) is 1.08. The van der Waals surface area contributed by atoms with Gasteiger partial charge in [-0.1, -0.05) is 25.1 Å². The van der Waals surface area contributed by atoms with Crippen LogP contribution in [0.3, 0.4) is 0 Å². The zero-order valence-corrected chi connectivity index (χ0v) is 17.7. The van der Waals surface area contributed by atoms with Crippen LogP contribution in [0.1, 0.15) is 18.1 Å². The molecule has 0 heterocycles. The van der Waals surface area contributed by atoms with E-state index in [2.05, 4.69) is 5.32 Å². The smallest absolute Gasteiger partial charge is 0.416 e. The van der Waals surface area contributed by atoms with E-state index >= 15 is 0 Å². The van der Waals surface area contributed by atoms with Gasteiger partial charge in [0.25, 0.3) is 5.91 Å². The van der Waals surface area contributed by atoms with Gasteiger partial charge in [0.1, 0.15) is 18.1 Å². The van der Waals surface area contributed by atoms with Crippen LogP contribution < -0.4 is 14.8 Å². The number of amides is 1. The molecule has 7 nitrogen and oxygen atoms in total. The summed E-state index contributed by atoms with van der Waals surface area (Å²) in [7, 11) is 1.44. The van der Waals surface area contributed by atoms with Crippen LogP contribution in [-0.2, 0) is 31.7 Å². The Hall–Kier alpha value is -3.27. The molecule has 0 atom stereocenters. The number of nitrogens with one attached hydrogen (secondary N) is 1. The second-order valence-corrected chi connectivity index (χ2v) is 6.51. The van der Waals surface area contributed by atoms with E-state index in [9.17, 15) is 22.8 Å². The van der Waals surface area contributed by atoms with E-state index in [0.29, 0.717) is 12.2 Å². The average Bonchev–Trinajstić information content (AvgIpc) is 2.76. The Morgan fingerprint density at radius 1 is 0.969 bits per heavy atom. The number of ether oxygens (including phenoxy) is 4. The normalized spacial score (nSPS) is 11.0. The van der Waals surface area contributed by atoms with Crippen molar-refractivity contribution in [1.82, 2.24) is 0 Å². The maximum absolute atomic E-state index is 13.0. The van der Waals surface area contributed by atoms with E-state index in [4.69, 9.17) is 18.9 Å². The molecule has 0 aromatic heterocycles. The molecule has 0 aliphatic heterocycles. The number of rotatable bonds is 11. The molecular weight excluding hydrogens is 431 g/mol. The maximum Gasteiger partial charge on any atom is 0.416 e. The molecule has 2 aromatic carbocycles. The highest BCUT2D eigenvalue weighted by molar-refractivity contribution is 5.94. The largest absolute Gasteiger partial charge is 0.489 e. The van der Waals surface area contributed by atoms with E-state index in [1.807, 2.05) is 19.1 Å². The molecule has 0 spiro atoms. The summed E-state index contributed by atoms with van der Waals surface area (Å²) in [6.07, 6.45) is -3.90. The number of carbonyl (C=O) groups excluding carboxylic acids is 2. The molecule has 32 heavy (non-hydrogen) atoms. The Morgan fingerprint density at radius 3 is 2.41 bits per heavy atom. The van der Waals surface area contributed by atoms with Crippen LogP contribution >= 0.6 is 0 Å². The highest BCUT2D eigenvalue weighted by atomic mass is 19.4. The van der Waals surface area contributed by atoms with Crippen LogP contribution in [0, 0.1) is 0 Å². The zero-order chi connectivity index (χ0) is 23.6. The lowest BCUT2D eigenvalue weighted by Gasteiger charge is -2.15. The summed E-state index contributed by atoms with van der Waals surface area (Å²) in [6, 6.07) is 9.84. The average molecular weight is 455 g/mol. The molecule has 0 saturated carbocycles. The molecule has 174 valence electrons. The molecule has 0 aliphatic rings. The zero-order valence-electron chi connectivity index (χ0n) is 17.7. The number of methoxy groups -OCH3 is 1. The predicted octanol–water partition coefficient (Wildman–Crippen LogP) is 3.85. The summed E-state index contributed by atoms with van der Waals surface area (Å²) in [5.74, 6) is -1.08. The number of carbonyl (C=O) groups is 2. The Bertz CT molecular complexity index is 917. The standard InChI is InChI=1S/C22H24F3NO6/c1-3-15-6-4-5-7-18(15)31-14-21(28)32-13-20(27)26-17-12-16(22(23,24)25)8-9-19(17)30-11-10-29-2/h4-9,12H,3,10-11,13-14H2,1-2H3,(H,26,27). The summed E-state index contributed by atoms with van der Waals surface area (Å²) in [5, 5.41) is 2.27. The van der Waals surface area contributed by atoms with Gasteiger partial charge >= 0.3 is 12.1 Å². The number of benzene rings is 2. The third-order valence-electron chi connectivity index (χ3n) is 4.19. The first-order valence-electron chi connectivity index (χ1n) is 9.73. The number of esters is 1. The molecule has 0 fully saturated rings. The maximum atomic E-state index is 13.0. The van der Waals surface area contributed by atoms with Gasteiger partial charge in [0.15, 0.2) is 13.2 Å². The molecule has 2 rings (SSSR count). The van der Waals surface area contributed by atoms with Crippen molar-refractivity contribution in [3.8, 4) is 11.5 Å². The summed E-state index contributed by atoms with van der Waals surface area (Å²) < 4.78 is 59.5. The second kappa shape index (κ2) is 11.9. The van der Waals surface area contributed by atoms with Gasteiger partial charge < -0.3 is 24.3 Å². The van der Waals surface area contributed by atoms with Crippen molar-refractivity contribution < 1.29 is 41.7 Å². The summed E-state index contributed by atoms with van der Waals surface area (Å²) in [4.78, 5) is 24.0. The minimum Gasteiger partial charge on any atom is -0.489 e. The summed E-state index contributed by atoms with van der Waals surface area (Å²) >= 11 is 0. The minimum atomic E-state index is -4.61.